The Labute approximate surface area is 194 Å². The van der Waals surface area contributed by atoms with Gasteiger partial charge in [-0.1, -0.05) is 23.2 Å². The molecule has 1 heterocycles. The van der Waals surface area contributed by atoms with Gasteiger partial charge < -0.3 is 19.7 Å². The van der Waals surface area contributed by atoms with E-state index in [-0.39, 0.29) is 40.3 Å². The quantitative estimate of drug-likeness (QED) is 0.653. The highest BCUT2D eigenvalue weighted by atomic mass is 35.5. The minimum absolute atomic E-state index is 0.00164. The molecule has 1 saturated heterocycles. The van der Waals surface area contributed by atoms with E-state index in [1.54, 1.807) is 24.3 Å². The van der Waals surface area contributed by atoms with Crippen molar-refractivity contribution in [3.63, 3.8) is 0 Å². The summed E-state index contributed by atoms with van der Waals surface area (Å²) in [5.74, 6) is -0.0143. The van der Waals surface area contributed by atoms with Gasteiger partial charge in [0.25, 0.3) is 11.8 Å². The molecule has 2 aromatic carbocycles. The van der Waals surface area contributed by atoms with Crippen molar-refractivity contribution in [1.29, 1.82) is 0 Å². The number of rotatable bonds is 7. The van der Waals surface area contributed by atoms with Crippen molar-refractivity contribution < 1.29 is 23.5 Å². The van der Waals surface area contributed by atoms with Gasteiger partial charge in [0.1, 0.15) is 17.3 Å². The van der Waals surface area contributed by atoms with Crippen molar-refractivity contribution in [1.82, 2.24) is 10.2 Å². The molecule has 0 spiro atoms. The molecule has 0 aromatic heterocycles. The lowest BCUT2D eigenvalue weighted by Gasteiger charge is -2.73. The minimum Gasteiger partial charge on any atom is -0.484 e. The van der Waals surface area contributed by atoms with Gasteiger partial charge in [-0.2, -0.15) is 0 Å². The minimum atomic E-state index is -0.598. The fourth-order valence-corrected chi connectivity index (χ4v) is 5.36. The monoisotopic (exact) mass is 478 g/mol. The fraction of sp³-hybridized carbons (Fsp3) is 0.391. The first-order valence-corrected chi connectivity index (χ1v) is 11.2. The van der Waals surface area contributed by atoms with E-state index in [2.05, 4.69) is 5.32 Å². The Kier molecular flexibility index (Phi) is 5.21. The summed E-state index contributed by atoms with van der Waals surface area (Å²) in [7, 11) is 0. The molecule has 3 aliphatic carbocycles. The van der Waals surface area contributed by atoms with E-state index in [1.165, 1.54) is 12.1 Å². The first kappa shape index (κ1) is 21.3. The molecule has 9 heteroatoms. The van der Waals surface area contributed by atoms with Crippen molar-refractivity contribution in [3.8, 4) is 11.5 Å². The molecule has 168 valence electrons. The van der Waals surface area contributed by atoms with Crippen LogP contribution in [-0.4, -0.2) is 47.0 Å². The molecule has 3 saturated carbocycles. The largest absolute Gasteiger partial charge is 0.484 e. The molecule has 1 atom stereocenters. The summed E-state index contributed by atoms with van der Waals surface area (Å²) in [4.78, 5) is 27.1. The normalized spacial score (nSPS) is 28.0. The summed E-state index contributed by atoms with van der Waals surface area (Å²) in [5, 5.41) is 3.62. The summed E-state index contributed by atoms with van der Waals surface area (Å²) in [5.41, 5.74) is -0.482. The third kappa shape index (κ3) is 3.77. The highest BCUT2D eigenvalue weighted by Gasteiger charge is 2.72. The van der Waals surface area contributed by atoms with Gasteiger partial charge in [0.15, 0.2) is 12.7 Å². The maximum atomic E-state index is 13.5. The van der Waals surface area contributed by atoms with E-state index < -0.39 is 11.9 Å². The summed E-state index contributed by atoms with van der Waals surface area (Å²) in [6.07, 6.45) is 2.31. The van der Waals surface area contributed by atoms with Gasteiger partial charge in [0.05, 0.1) is 5.02 Å². The van der Waals surface area contributed by atoms with E-state index in [0.29, 0.717) is 23.7 Å². The van der Waals surface area contributed by atoms with Crippen LogP contribution in [0, 0.1) is 5.82 Å². The molecule has 4 aliphatic rings. The molecule has 6 rings (SSSR count). The van der Waals surface area contributed by atoms with Gasteiger partial charge >= 0.3 is 0 Å². The Morgan fingerprint density at radius 2 is 1.81 bits per heavy atom. The number of benzene rings is 2. The van der Waals surface area contributed by atoms with Crippen molar-refractivity contribution >= 4 is 35.0 Å². The number of carbonyl (C=O) groups excluding carboxylic acids is 2. The van der Waals surface area contributed by atoms with Crippen molar-refractivity contribution in [3.05, 3.63) is 58.3 Å². The highest BCUT2D eigenvalue weighted by molar-refractivity contribution is 6.31. The molecule has 6 nitrogen and oxygen atoms in total. The molecular formula is C23H21Cl2FN2O4. The molecule has 2 bridgehead atoms. The number of hydrogen-bond donors (Lipinski definition) is 1. The number of hydrogen-bond acceptors (Lipinski definition) is 4. The summed E-state index contributed by atoms with van der Waals surface area (Å²) in [6.45, 7) is 0.432. The number of nitrogens with one attached hydrogen (secondary N) is 1. The van der Waals surface area contributed by atoms with Gasteiger partial charge in [-0.3, -0.25) is 9.59 Å². The number of amides is 2. The van der Waals surface area contributed by atoms with E-state index in [1.807, 2.05) is 4.90 Å². The summed E-state index contributed by atoms with van der Waals surface area (Å²) in [6, 6.07) is 11.0. The maximum absolute atomic E-state index is 13.5. The Morgan fingerprint density at radius 1 is 1.12 bits per heavy atom. The molecule has 0 radical (unpaired) electrons. The number of halogens is 3. The maximum Gasteiger partial charge on any atom is 0.264 e. The van der Waals surface area contributed by atoms with E-state index in [4.69, 9.17) is 32.7 Å². The van der Waals surface area contributed by atoms with Crippen LogP contribution in [0.4, 0.5) is 4.39 Å². The molecule has 1 aliphatic heterocycles. The molecule has 2 amide bonds. The smallest absolute Gasteiger partial charge is 0.264 e. The van der Waals surface area contributed by atoms with Gasteiger partial charge in [-0.25, -0.2) is 4.39 Å². The zero-order valence-electron chi connectivity index (χ0n) is 17.1. The van der Waals surface area contributed by atoms with E-state index in [9.17, 15) is 14.0 Å². The van der Waals surface area contributed by atoms with Crippen LogP contribution >= 0.6 is 23.2 Å². The number of nitrogens with zero attached hydrogens (tertiary/aromatic N) is 1. The molecule has 4 fully saturated rings. The predicted molar refractivity (Wildman–Crippen MR) is 117 cm³/mol. The van der Waals surface area contributed by atoms with Crippen molar-refractivity contribution in [2.24, 2.45) is 0 Å². The van der Waals surface area contributed by atoms with Crippen LogP contribution in [0.1, 0.15) is 25.7 Å². The third-order valence-corrected chi connectivity index (χ3v) is 7.05. The second-order valence-corrected chi connectivity index (χ2v) is 9.63. The number of ether oxygens (including phenoxy) is 2. The summed E-state index contributed by atoms with van der Waals surface area (Å²) < 4.78 is 24.7. The topological polar surface area (TPSA) is 67.9 Å². The van der Waals surface area contributed by atoms with Gasteiger partial charge in [-0.05, 0) is 55.7 Å². The Morgan fingerprint density at radius 3 is 2.50 bits per heavy atom. The second kappa shape index (κ2) is 7.81. The Bertz CT molecular complexity index is 1060. The lowest BCUT2D eigenvalue weighted by Crippen LogP contribution is -2.84. The highest BCUT2D eigenvalue weighted by Crippen LogP contribution is 2.64. The fourth-order valence-electron chi connectivity index (χ4n) is 5.11. The van der Waals surface area contributed by atoms with Crippen LogP contribution < -0.4 is 14.8 Å². The third-order valence-electron chi connectivity index (χ3n) is 6.49. The lowest BCUT2D eigenvalue weighted by atomic mass is 9.43. The Balaban J connectivity index is 1.10. The van der Waals surface area contributed by atoms with Gasteiger partial charge in [0.2, 0.25) is 0 Å². The molecule has 32 heavy (non-hydrogen) atoms. The second-order valence-electron chi connectivity index (χ2n) is 8.79. The Hall–Kier alpha value is -2.51. The molecule has 2 aromatic rings. The molecule has 0 unspecified atom stereocenters. The SMILES string of the molecule is O=C(COc1ccc(Cl)c(F)c1)NC12CC(N3CC[C@H](Oc4ccc(Cl)cc4)C3=O)(C1)C2. The van der Waals surface area contributed by atoms with Gasteiger partial charge in [-0.15, -0.1) is 0 Å². The van der Waals surface area contributed by atoms with Crippen LogP contribution in [0.2, 0.25) is 10.0 Å². The van der Waals surface area contributed by atoms with Crippen LogP contribution in [0.3, 0.4) is 0 Å². The van der Waals surface area contributed by atoms with Crippen LogP contribution in [-0.2, 0) is 9.59 Å². The molecular weight excluding hydrogens is 458 g/mol. The van der Waals surface area contributed by atoms with Gasteiger partial charge in [0, 0.05) is 35.1 Å². The summed E-state index contributed by atoms with van der Waals surface area (Å²) >= 11 is 11.5. The lowest BCUT2D eigenvalue weighted by molar-refractivity contribution is -0.188. The van der Waals surface area contributed by atoms with Crippen LogP contribution in [0.25, 0.3) is 0 Å². The van der Waals surface area contributed by atoms with E-state index >= 15 is 0 Å². The first-order chi connectivity index (χ1) is 15.3. The van der Waals surface area contributed by atoms with Crippen LogP contribution in [0.15, 0.2) is 42.5 Å². The predicted octanol–water partition coefficient (Wildman–Crippen LogP) is 3.98. The first-order valence-electron chi connectivity index (χ1n) is 10.4. The number of carbonyl (C=O) groups is 2. The van der Waals surface area contributed by atoms with Crippen LogP contribution in [0.5, 0.6) is 11.5 Å². The number of likely N-dealkylation sites (tertiary alicyclic amines) is 1. The van der Waals surface area contributed by atoms with Crippen molar-refractivity contribution in [2.45, 2.75) is 42.9 Å². The zero-order valence-corrected chi connectivity index (χ0v) is 18.6. The average Bonchev–Trinajstić information content (AvgIpc) is 3.06. The zero-order chi connectivity index (χ0) is 22.5. The average molecular weight is 479 g/mol. The van der Waals surface area contributed by atoms with Crippen molar-refractivity contribution in [2.75, 3.05) is 13.2 Å². The van der Waals surface area contributed by atoms with E-state index in [0.717, 1.165) is 25.3 Å². The molecule has 1 N–H and O–H groups in total. The standard InChI is InChI=1S/C23H21Cl2FN2O4/c24-14-1-3-15(4-2-14)32-19-7-8-28(21(19)30)23-11-22(12-23,13-23)27-20(29)10-31-16-5-6-17(25)18(26)9-16/h1-6,9,19H,7-8,10-13H2,(H,27,29)/t19-,22?,23?/m0/s1.